The minimum Gasteiger partial charge on any atom is -0.381 e. The lowest BCUT2D eigenvalue weighted by atomic mass is 9.73. The smallest absolute Gasteiger partial charge is 0.233 e. The molecule has 1 aromatic carbocycles. The van der Waals surface area contributed by atoms with E-state index in [2.05, 4.69) is 28.0 Å². The summed E-state index contributed by atoms with van der Waals surface area (Å²) < 4.78 is 7.62. The molecule has 29 heavy (non-hydrogen) atoms. The molecule has 6 heteroatoms. The van der Waals surface area contributed by atoms with Gasteiger partial charge in [0, 0.05) is 58.4 Å². The number of hydrogen-bond donors (Lipinski definition) is 0. The van der Waals surface area contributed by atoms with Gasteiger partial charge in [-0.2, -0.15) is 5.10 Å². The Bertz CT molecular complexity index is 860. The van der Waals surface area contributed by atoms with Crippen LogP contribution in [0.25, 0.3) is 0 Å². The molecule has 0 atom stereocenters. The van der Waals surface area contributed by atoms with Crippen LogP contribution in [0.4, 0.5) is 5.82 Å². The highest BCUT2D eigenvalue weighted by Crippen LogP contribution is 2.41. The molecule has 5 rings (SSSR count). The van der Waals surface area contributed by atoms with Gasteiger partial charge in [-0.3, -0.25) is 9.48 Å². The van der Waals surface area contributed by atoms with Crippen LogP contribution in [-0.4, -0.2) is 60.0 Å². The van der Waals surface area contributed by atoms with E-state index in [0.717, 1.165) is 44.6 Å². The summed E-state index contributed by atoms with van der Waals surface area (Å²) >= 11 is 0. The number of ether oxygens (including phenoxy) is 1. The molecule has 1 saturated carbocycles. The maximum absolute atomic E-state index is 13.7. The highest BCUT2D eigenvalue weighted by Gasteiger charge is 2.44. The van der Waals surface area contributed by atoms with E-state index >= 15 is 0 Å². The minimum absolute atomic E-state index is 0.273. The number of aryl methyl sites for hydroxylation is 1. The second-order valence-corrected chi connectivity index (χ2v) is 8.67. The molecule has 6 nitrogen and oxygen atoms in total. The van der Waals surface area contributed by atoms with E-state index in [1.165, 1.54) is 24.4 Å². The van der Waals surface area contributed by atoms with E-state index in [-0.39, 0.29) is 5.91 Å². The molecule has 3 heterocycles. The van der Waals surface area contributed by atoms with Crippen LogP contribution in [0.15, 0.2) is 36.4 Å². The lowest BCUT2D eigenvalue weighted by Gasteiger charge is -2.43. The van der Waals surface area contributed by atoms with Crippen LogP contribution in [0.1, 0.15) is 42.9 Å². The van der Waals surface area contributed by atoms with Crippen LogP contribution in [0, 0.1) is 0 Å². The summed E-state index contributed by atoms with van der Waals surface area (Å²) in [4.78, 5) is 18.2. The number of nitrogens with zero attached hydrogens (tertiary/aromatic N) is 4. The number of carbonyl (C=O) groups is 1. The summed E-state index contributed by atoms with van der Waals surface area (Å²) in [6.45, 7) is 4.54. The fraction of sp³-hybridized carbons (Fsp3) is 0.565. The zero-order valence-electron chi connectivity index (χ0n) is 17.2. The molecule has 3 fully saturated rings. The van der Waals surface area contributed by atoms with Crippen molar-refractivity contribution in [2.24, 2.45) is 7.05 Å². The van der Waals surface area contributed by atoms with Crippen molar-refractivity contribution in [2.45, 2.75) is 37.0 Å². The molecule has 0 unspecified atom stereocenters. The summed E-state index contributed by atoms with van der Waals surface area (Å²) in [5, 5.41) is 4.71. The van der Waals surface area contributed by atoms with E-state index in [1.807, 2.05) is 29.9 Å². The lowest BCUT2D eigenvalue weighted by molar-refractivity contribution is -0.141. The standard InChI is InChI=1S/C23H30N4O2/c1-25-21(17-20(24-25)18-7-8-18)26-11-13-27(14-12-26)22(28)23(9-15-29-16-10-23)19-5-3-2-4-6-19/h2-6,17-18H,7-16H2,1H3. The van der Waals surface area contributed by atoms with Crippen molar-refractivity contribution < 1.29 is 9.53 Å². The first-order chi connectivity index (χ1) is 14.2. The maximum Gasteiger partial charge on any atom is 0.233 e. The van der Waals surface area contributed by atoms with Gasteiger partial charge in [0.15, 0.2) is 0 Å². The Hall–Kier alpha value is -2.34. The SMILES string of the molecule is Cn1nc(C2CC2)cc1N1CCN(C(=O)C2(c3ccccc3)CCOCC2)CC1. The predicted octanol–water partition coefficient (Wildman–Crippen LogP) is 2.69. The van der Waals surface area contributed by atoms with Gasteiger partial charge in [-0.15, -0.1) is 0 Å². The number of benzene rings is 1. The number of rotatable bonds is 4. The van der Waals surface area contributed by atoms with Gasteiger partial charge in [-0.1, -0.05) is 30.3 Å². The number of anilines is 1. The van der Waals surface area contributed by atoms with Crippen molar-refractivity contribution in [1.82, 2.24) is 14.7 Å². The second-order valence-electron chi connectivity index (χ2n) is 8.67. The van der Waals surface area contributed by atoms with Gasteiger partial charge >= 0.3 is 0 Å². The van der Waals surface area contributed by atoms with E-state index in [1.54, 1.807) is 0 Å². The Morgan fingerprint density at radius 2 is 1.76 bits per heavy atom. The summed E-state index contributed by atoms with van der Waals surface area (Å²) in [7, 11) is 2.03. The first-order valence-corrected chi connectivity index (χ1v) is 10.9. The Morgan fingerprint density at radius 3 is 2.41 bits per heavy atom. The molecule has 0 spiro atoms. The van der Waals surface area contributed by atoms with Gasteiger partial charge in [-0.05, 0) is 31.2 Å². The lowest BCUT2D eigenvalue weighted by Crippen LogP contribution is -2.56. The quantitative estimate of drug-likeness (QED) is 0.800. The first-order valence-electron chi connectivity index (χ1n) is 10.9. The molecule has 154 valence electrons. The van der Waals surface area contributed by atoms with Crippen LogP contribution in [0.5, 0.6) is 0 Å². The minimum atomic E-state index is -0.437. The Labute approximate surface area is 172 Å². The highest BCUT2D eigenvalue weighted by molar-refractivity contribution is 5.88. The van der Waals surface area contributed by atoms with Crippen LogP contribution < -0.4 is 4.90 Å². The van der Waals surface area contributed by atoms with Gasteiger partial charge < -0.3 is 14.5 Å². The van der Waals surface area contributed by atoms with Crippen molar-refractivity contribution in [2.75, 3.05) is 44.3 Å². The van der Waals surface area contributed by atoms with E-state index < -0.39 is 5.41 Å². The molecule has 0 N–H and O–H groups in total. The zero-order chi connectivity index (χ0) is 19.8. The molecule has 1 aromatic heterocycles. The van der Waals surface area contributed by atoms with Gasteiger partial charge in [-0.25, -0.2) is 0 Å². The van der Waals surface area contributed by atoms with Crippen LogP contribution in [0.3, 0.4) is 0 Å². The number of hydrogen-bond acceptors (Lipinski definition) is 4. The Kier molecular flexibility index (Phi) is 4.82. The van der Waals surface area contributed by atoms with E-state index in [4.69, 9.17) is 9.84 Å². The molecular weight excluding hydrogens is 364 g/mol. The van der Waals surface area contributed by atoms with Crippen molar-refractivity contribution in [1.29, 1.82) is 0 Å². The Balaban J connectivity index is 1.31. The van der Waals surface area contributed by atoms with Crippen LogP contribution in [-0.2, 0) is 22.0 Å². The molecule has 2 aliphatic heterocycles. The number of aromatic nitrogens is 2. The number of amides is 1. The van der Waals surface area contributed by atoms with Gasteiger partial charge in [0.1, 0.15) is 5.82 Å². The highest BCUT2D eigenvalue weighted by atomic mass is 16.5. The van der Waals surface area contributed by atoms with Gasteiger partial charge in [0.2, 0.25) is 5.91 Å². The van der Waals surface area contributed by atoms with Crippen LogP contribution >= 0.6 is 0 Å². The number of carbonyl (C=O) groups excluding carboxylic acids is 1. The fourth-order valence-corrected chi connectivity index (χ4v) is 4.90. The van der Waals surface area contributed by atoms with E-state index in [9.17, 15) is 4.79 Å². The molecule has 1 aliphatic carbocycles. The number of piperazine rings is 1. The molecular formula is C23H30N4O2. The summed E-state index contributed by atoms with van der Waals surface area (Å²) in [6, 6.07) is 12.6. The molecule has 0 bridgehead atoms. The van der Waals surface area contributed by atoms with Crippen molar-refractivity contribution >= 4 is 11.7 Å². The average Bonchev–Trinajstić information content (AvgIpc) is 3.56. The van der Waals surface area contributed by atoms with Crippen LogP contribution in [0.2, 0.25) is 0 Å². The van der Waals surface area contributed by atoms with Crippen molar-refractivity contribution in [3.63, 3.8) is 0 Å². The fourth-order valence-electron chi connectivity index (χ4n) is 4.90. The third-order valence-electron chi connectivity index (χ3n) is 6.84. The van der Waals surface area contributed by atoms with Gasteiger partial charge in [0.25, 0.3) is 0 Å². The third-order valence-corrected chi connectivity index (χ3v) is 6.84. The zero-order valence-corrected chi connectivity index (χ0v) is 17.2. The predicted molar refractivity (Wildman–Crippen MR) is 112 cm³/mol. The topological polar surface area (TPSA) is 50.6 Å². The summed E-state index contributed by atoms with van der Waals surface area (Å²) in [5.74, 6) is 2.12. The average molecular weight is 395 g/mol. The molecule has 0 radical (unpaired) electrons. The largest absolute Gasteiger partial charge is 0.381 e. The molecule has 2 aromatic rings. The normalized spacial score (nSPS) is 22.0. The van der Waals surface area contributed by atoms with Crippen molar-refractivity contribution in [3.8, 4) is 0 Å². The third kappa shape index (κ3) is 3.44. The molecule has 1 amide bonds. The first kappa shape index (κ1) is 18.7. The summed E-state index contributed by atoms with van der Waals surface area (Å²) in [6.07, 6.45) is 4.07. The molecule has 2 saturated heterocycles. The summed E-state index contributed by atoms with van der Waals surface area (Å²) in [5.41, 5.74) is 1.93. The van der Waals surface area contributed by atoms with Crippen molar-refractivity contribution in [3.05, 3.63) is 47.7 Å². The maximum atomic E-state index is 13.7. The Morgan fingerprint density at radius 1 is 1.07 bits per heavy atom. The van der Waals surface area contributed by atoms with E-state index in [0.29, 0.717) is 19.1 Å². The van der Waals surface area contributed by atoms with Gasteiger partial charge in [0.05, 0.1) is 11.1 Å². The monoisotopic (exact) mass is 394 g/mol. The molecule has 3 aliphatic rings. The second kappa shape index (κ2) is 7.48.